The van der Waals surface area contributed by atoms with Crippen LogP contribution in [0.4, 0.5) is 0 Å². The van der Waals surface area contributed by atoms with E-state index in [0.29, 0.717) is 29.6 Å². The fourth-order valence-corrected chi connectivity index (χ4v) is 4.17. The first-order valence-electron chi connectivity index (χ1n) is 9.28. The molecular formula is C21H34O2. The van der Waals surface area contributed by atoms with Gasteiger partial charge in [0.25, 0.3) is 0 Å². The van der Waals surface area contributed by atoms with Gasteiger partial charge in [-0.1, -0.05) is 52.8 Å². The molecule has 2 nitrogen and oxygen atoms in total. The normalized spacial score (nSPS) is 34.1. The second kappa shape index (κ2) is 6.83. The molecule has 0 heterocycles. The van der Waals surface area contributed by atoms with Crippen molar-refractivity contribution in [1.29, 1.82) is 0 Å². The van der Waals surface area contributed by atoms with Crippen LogP contribution in [-0.4, -0.2) is 12.1 Å². The predicted molar refractivity (Wildman–Crippen MR) is 95.9 cm³/mol. The number of fused-ring (bicyclic) bond motifs is 1. The summed E-state index contributed by atoms with van der Waals surface area (Å²) in [6.07, 6.45) is 8.77. The molecule has 0 amide bonds. The summed E-state index contributed by atoms with van der Waals surface area (Å²) >= 11 is 0. The lowest BCUT2D eigenvalue weighted by molar-refractivity contribution is -0.165. The van der Waals surface area contributed by atoms with E-state index in [1.54, 1.807) is 0 Å². The fraction of sp³-hybridized carbons (Fsp3) is 0.762. The van der Waals surface area contributed by atoms with Gasteiger partial charge in [-0.2, -0.15) is 0 Å². The Bertz CT molecular complexity index is 498. The molecule has 0 saturated carbocycles. The van der Waals surface area contributed by atoms with Gasteiger partial charge < -0.3 is 4.74 Å². The van der Waals surface area contributed by atoms with Crippen molar-refractivity contribution >= 4 is 5.97 Å². The summed E-state index contributed by atoms with van der Waals surface area (Å²) in [5.74, 6) is 2.44. The molecule has 0 aromatic heterocycles. The lowest BCUT2D eigenvalue weighted by Crippen LogP contribution is -2.44. The molecule has 0 aliphatic heterocycles. The second-order valence-corrected chi connectivity index (χ2v) is 8.63. The van der Waals surface area contributed by atoms with Crippen LogP contribution in [0.3, 0.4) is 0 Å². The SMILES string of the molecule is CCC(C)(C)C(=O)OC1C[C@@H](C)C=C2C=C[C@@H](C)[C@H](C(C)C)C21. The Kier molecular flexibility index (Phi) is 5.43. The average molecular weight is 319 g/mol. The van der Waals surface area contributed by atoms with Gasteiger partial charge in [-0.3, -0.25) is 4.79 Å². The number of allylic oxidation sites excluding steroid dienone is 3. The molecule has 2 heteroatoms. The van der Waals surface area contributed by atoms with Crippen molar-refractivity contribution in [1.82, 2.24) is 0 Å². The first-order chi connectivity index (χ1) is 10.7. The highest BCUT2D eigenvalue weighted by Crippen LogP contribution is 2.46. The molecule has 2 unspecified atom stereocenters. The molecular weight excluding hydrogens is 284 g/mol. The average Bonchev–Trinajstić information content (AvgIpc) is 2.47. The summed E-state index contributed by atoms with van der Waals surface area (Å²) in [4.78, 5) is 12.6. The number of carbonyl (C=O) groups excluding carboxylic acids is 1. The molecule has 23 heavy (non-hydrogen) atoms. The third kappa shape index (κ3) is 3.72. The van der Waals surface area contributed by atoms with Crippen molar-refractivity contribution < 1.29 is 9.53 Å². The molecule has 0 fully saturated rings. The standard InChI is InChI=1S/C21H34O2/c1-8-21(6,7)20(22)23-17-12-14(4)11-16-10-9-15(5)18(13(2)3)19(16)17/h9-11,13-15,17-19H,8,12H2,1-7H3/t14-,15+,17?,18-,19?/m0/s1. The van der Waals surface area contributed by atoms with Gasteiger partial charge in [0.1, 0.15) is 6.10 Å². The Morgan fingerprint density at radius 2 is 2.00 bits per heavy atom. The molecule has 0 radical (unpaired) electrons. The molecule has 2 aliphatic rings. The van der Waals surface area contributed by atoms with Crippen molar-refractivity contribution in [2.45, 2.75) is 67.4 Å². The van der Waals surface area contributed by atoms with E-state index in [4.69, 9.17) is 4.74 Å². The van der Waals surface area contributed by atoms with Gasteiger partial charge >= 0.3 is 5.97 Å². The lowest BCUT2D eigenvalue weighted by atomic mass is 9.63. The van der Waals surface area contributed by atoms with Crippen LogP contribution < -0.4 is 0 Å². The van der Waals surface area contributed by atoms with Crippen LogP contribution in [0.5, 0.6) is 0 Å². The maximum absolute atomic E-state index is 12.6. The third-order valence-electron chi connectivity index (χ3n) is 5.95. The van der Waals surface area contributed by atoms with Crippen LogP contribution in [0.25, 0.3) is 0 Å². The van der Waals surface area contributed by atoms with Crippen molar-refractivity contribution in [3.63, 3.8) is 0 Å². The molecule has 0 spiro atoms. The molecule has 0 saturated heterocycles. The van der Waals surface area contributed by atoms with E-state index in [0.717, 1.165) is 12.8 Å². The van der Waals surface area contributed by atoms with Gasteiger partial charge in [0.15, 0.2) is 0 Å². The first kappa shape index (κ1) is 18.3. The van der Waals surface area contributed by atoms with E-state index in [-0.39, 0.29) is 12.1 Å². The van der Waals surface area contributed by atoms with Gasteiger partial charge in [0.2, 0.25) is 0 Å². The van der Waals surface area contributed by atoms with Crippen LogP contribution in [0.2, 0.25) is 0 Å². The Morgan fingerprint density at radius 1 is 1.35 bits per heavy atom. The smallest absolute Gasteiger partial charge is 0.311 e. The molecule has 0 aromatic carbocycles. The van der Waals surface area contributed by atoms with Gasteiger partial charge in [0, 0.05) is 5.92 Å². The third-order valence-corrected chi connectivity index (χ3v) is 5.95. The number of ether oxygens (including phenoxy) is 1. The Balaban J connectivity index is 2.30. The number of hydrogen-bond acceptors (Lipinski definition) is 2. The van der Waals surface area contributed by atoms with Crippen LogP contribution in [0.1, 0.15) is 61.3 Å². The zero-order chi connectivity index (χ0) is 17.4. The van der Waals surface area contributed by atoms with E-state index < -0.39 is 5.41 Å². The number of rotatable bonds is 4. The molecule has 130 valence electrons. The van der Waals surface area contributed by atoms with Gasteiger partial charge in [-0.25, -0.2) is 0 Å². The molecule has 0 bridgehead atoms. The molecule has 2 aliphatic carbocycles. The summed E-state index contributed by atoms with van der Waals surface area (Å²) in [5.41, 5.74) is 0.987. The van der Waals surface area contributed by atoms with Gasteiger partial charge in [0.05, 0.1) is 5.41 Å². The Labute approximate surface area is 142 Å². The molecule has 5 atom stereocenters. The molecule has 0 aromatic rings. The van der Waals surface area contributed by atoms with Crippen LogP contribution >= 0.6 is 0 Å². The molecule has 2 rings (SSSR count). The van der Waals surface area contributed by atoms with Crippen molar-refractivity contribution in [2.75, 3.05) is 0 Å². The van der Waals surface area contributed by atoms with Crippen molar-refractivity contribution in [2.24, 2.45) is 35.0 Å². The number of hydrogen-bond donors (Lipinski definition) is 0. The lowest BCUT2D eigenvalue weighted by Gasteiger charge is -2.45. The highest BCUT2D eigenvalue weighted by molar-refractivity contribution is 5.76. The topological polar surface area (TPSA) is 26.3 Å². The van der Waals surface area contributed by atoms with Gasteiger partial charge in [-0.05, 0) is 55.9 Å². The van der Waals surface area contributed by atoms with E-state index in [9.17, 15) is 4.79 Å². The predicted octanol–water partition coefficient (Wildman–Crippen LogP) is 5.39. The van der Waals surface area contributed by atoms with E-state index in [1.165, 1.54) is 5.57 Å². The second-order valence-electron chi connectivity index (χ2n) is 8.63. The summed E-state index contributed by atoms with van der Waals surface area (Å²) in [6.45, 7) is 15.1. The zero-order valence-corrected chi connectivity index (χ0v) is 15.9. The molecule has 0 N–H and O–H groups in total. The minimum atomic E-state index is -0.395. The minimum absolute atomic E-state index is 0.0168. The Hall–Kier alpha value is -1.05. The maximum atomic E-state index is 12.6. The Morgan fingerprint density at radius 3 is 2.57 bits per heavy atom. The van der Waals surface area contributed by atoms with Gasteiger partial charge in [-0.15, -0.1) is 0 Å². The number of esters is 1. The van der Waals surface area contributed by atoms with E-state index in [2.05, 4.69) is 52.8 Å². The maximum Gasteiger partial charge on any atom is 0.311 e. The van der Waals surface area contributed by atoms with Crippen LogP contribution in [0.15, 0.2) is 23.8 Å². The van der Waals surface area contributed by atoms with Crippen molar-refractivity contribution in [3.8, 4) is 0 Å². The monoisotopic (exact) mass is 318 g/mol. The van der Waals surface area contributed by atoms with Crippen LogP contribution in [-0.2, 0) is 9.53 Å². The highest BCUT2D eigenvalue weighted by atomic mass is 16.5. The van der Waals surface area contributed by atoms with Crippen molar-refractivity contribution in [3.05, 3.63) is 23.8 Å². The minimum Gasteiger partial charge on any atom is -0.461 e. The van der Waals surface area contributed by atoms with Crippen LogP contribution in [0, 0.1) is 35.0 Å². The largest absolute Gasteiger partial charge is 0.461 e. The number of carbonyl (C=O) groups is 1. The first-order valence-corrected chi connectivity index (χ1v) is 9.28. The quantitative estimate of drug-likeness (QED) is 0.649. The van der Waals surface area contributed by atoms with E-state index in [1.807, 2.05) is 13.8 Å². The van der Waals surface area contributed by atoms with E-state index >= 15 is 0 Å². The summed E-state index contributed by atoms with van der Waals surface area (Å²) in [7, 11) is 0. The highest BCUT2D eigenvalue weighted by Gasteiger charge is 2.43. The fourth-order valence-electron chi connectivity index (χ4n) is 4.17. The zero-order valence-electron chi connectivity index (χ0n) is 15.9. The summed E-state index contributed by atoms with van der Waals surface area (Å²) < 4.78 is 6.10. The summed E-state index contributed by atoms with van der Waals surface area (Å²) in [5, 5.41) is 0. The summed E-state index contributed by atoms with van der Waals surface area (Å²) in [6, 6.07) is 0.